The van der Waals surface area contributed by atoms with Crippen LogP contribution in [0.3, 0.4) is 0 Å². The number of methoxy groups -OCH3 is 1. The van der Waals surface area contributed by atoms with Gasteiger partial charge in [0, 0.05) is 17.2 Å². The van der Waals surface area contributed by atoms with Crippen LogP contribution in [0.2, 0.25) is 0 Å². The number of aliphatic hydroxyl groups is 1. The molecular formula is C12H10O4. The maximum atomic E-state index is 11.8. The van der Waals surface area contributed by atoms with Crippen molar-refractivity contribution in [2.24, 2.45) is 0 Å². The first-order valence-electron chi connectivity index (χ1n) is 4.76. The maximum absolute atomic E-state index is 11.8. The molecule has 0 amide bonds. The zero-order valence-electron chi connectivity index (χ0n) is 8.69. The molecule has 16 heavy (non-hydrogen) atoms. The molecule has 0 fully saturated rings. The third kappa shape index (κ3) is 1.53. The Morgan fingerprint density at radius 1 is 1.25 bits per heavy atom. The Balaban J connectivity index is 2.58. The summed E-state index contributed by atoms with van der Waals surface area (Å²) in [6, 6.07) is 4.68. The lowest BCUT2D eigenvalue weighted by Gasteiger charge is -2.14. The molecule has 2 rings (SSSR count). The first kappa shape index (κ1) is 10.6. The normalized spacial score (nSPS) is 14.5. The maximum Gasteiger partial charge on any atom is 0.228 e. The van der Waals surface area contributed by atoms with E-state index in [1.54, 1.807) is 12.1 Å². The number of hydrogen-bond acceptors (Lipinski definition) is 4. The number of ketones is 2. The third-order valence-corrected chi connectivity index (χ3v) is 2.48. The first-order valence-corrected chi connectivity index (χ1v) is 4.76. The van der Waals surface area contributed by atoms with Crippen LogP contribution in [-0.4, -0.2) is 23.8 Å². The molecule has 0 radical (unpaired) electrons. The Morgan fingerprint density at radius 3 is 2.62 bits per heavy atom. The van der Waals surface area contributed by atoms with E-state index in [9.17, 15) is 9.59 Å². The minimum Gasteiger partial charge on any atom is -0.492 e. The van der Waals surface area contributed by atoms with Crippen LogP contribution in [0.5, 0.6) is 0 Å². The van der Waals surface area contributed by atoms with Crippen LogP contribution in [-0.2, 0) is 11.3 Å². The number of rotatable bonds is 2. The van der Waals surface area contributed by atoms with Gasteiger partial charge in [-0.15, -0.1) is 0 Å². The number of allylic oxidation sites excluding steroid dienone is 2. The molecule has 4 heteroatoms. The smallest absolute Gasteiger partial charge is 0.228 e. The molecule has 0 bridgehead atoms. The number of aliphatic hydroxyl groups excluding tert-OH is 1. The summed E-state index contributed by atoms with van der Waals surface area (Å²) in [6.07, 6.45) is 1.18. The Hall–Kier alpha value is -1.94. The molecule has 0 aromatic heterocycles. The van der Waals surface area contributed by atoms with Gasteiger partial charge in [0.05, 0.1) is 13.7 Å². The summed E-state index contributed by atoms with van der Waals surface area (Å²) in [6.45, 7) is -0.166. The molecular weight excluding hydrogens is 208 g/mol. The molecule has 0 spiro atoms. The van der Waals surface area contributed by atoms with Gasteiger partial charge in [0.2, 0.25) is 5.78 Å². The Bertz CT molecular complexity index is 500. The van der Waals surface area contributed by atoms with Crippen molar-refractivity contribution in [3.63, 3.8) is 0 Å². The second-order valence-corrected chi connectivity index (χ2v) is 3.44. The van der Waals surface area contributed by atoms with Crippen LogP contribution in [0, 0.1) is 0 Å². The first-order chi connectivity index (χ1) is 7.67. The number of carbonyl (C=O) groups is 2. The van der Waals surface area contributed by atoms with Gasteiger partial charge in [-0.25, -0.2) is 0 Å². The van der Waals surface area contributed by atoms with Gasteiger partial charge in [0.25, 0.3) is 0 Å². The molecule has 1 aliphatic rings. The minimum absolute atomic E-state index is 0.0348. The van der Waals surface area contributed by atoms with Crippen LogP contribution in [0.25, 0.3) is 0 Å². The molecule has 1 aromatic carbocycles. The van der Waals surface area contributed by atoms with E-state index >= 15 is 0 Å². The highest BCUT2D eigenvalue weighted by atomic mass is 16.5. The molecule has 0 atom stereocenters. The Kier molecular flexibility index (Phi) is 2.58. The summed E-state index contributed by atoms with van der Waals surface area (Å²) in [5, 5.41) is 8.97. The van der Waals surface area contributed by atoms with E-state index in [0.717, 1.165) is 0 Å². The fourth-order valence-electron chi connectivity index (χ4n) is 1.64. The van der Waals surface area contributed by atoms with E-state index in [1.165, 1.54) is 19.3 Å². The van der Waals surface area contributed by atoms with Crippen LogP contribution < -0.4 is 0 Å². The Morgan fingerprint density at radius 2 is 2.00 bits per heavy atom. The summed E-state index contributed by atoms with van der Waals surface area (Å²) in [4.78, 5) is 23.5. The third-order valence-electron chi connectivity index (χ3n) is 2.48. The topological polar surface area (TPSA) is 63.6 Å². The quantitative estimate of drug-likeness (QED) is 0.807. The van der Waals surface area contributed by atoms with E-state index in [0.29, 0.717) is 11.1 Å². The summed E-state index contributed by atoms with van der Waals surface area (Å²) in [5.74, 6) is -0.545. The lowest BCUT2D eigenvalue weighted by atomic mass is 9.92. The predicted molar refractivity (Wildman–Crippen MR) is 56.1 cm³/mol. The van der Waals surface area contributed by atoms with Gasteiger partial charge in [0.15, 0.2) is 11.5 Å². The van der Waals surface area contributed by atoms with E-state index < -0.39 is 0 Å². The zero-order chi connectivity index (χ0) is 11.7. The van der Waals surface area contributed by atoms with Gasteiger partial charge in [-0.2, -0.15) is 0 Å². The van der Waals surface area contributed by atoms with Crippen molar-refractivity contribution in [2.75, 3.05) is 7.11 Å². The number of Topliss-reactive ketones (excluding diaryl/α,β-unsaturated/α-hetero) is 1. The van der Waals surface area contributed by atoms with Gasteiger partial charge < -0.3 is 9.84 Å². The lowest BCUT2D eigenvalue weighted by molar-refractivity contribution is 0.0916. The van der Waals surface area contributed by atoms with Crippen LogP contribution in [0.15, 0.2) is 30.0 Å². The molecule has 1 aromatic rings. The molecule has 1 aliphatic carbocycles. The SMILES string of the molecule is COC1=CC(=O)c2ccc(CO)cc2C1=O. The molecule has 0 saturated carbocycles. The molecule has 1 N–H and O–H groups in total. The molecule has 0 aliphatic heterocycles. The van der Waals surface area contributed by atoms with Crippen molar-refractivity contribution < 1.29 is 19.4 Å². The average molecular weight is 218 g/mol. The van der Waals surface area contributed by atoms with Crippen molar-refractivity contribution in [1.29, 1.82) is 0 Å². The van der Waals surface area contributed by atoms with Gasteiger partial charge >= 0.3 is 0 Å². The molecule has 4 nitrogen and oxygen atoms in total. The summed E-state index contributed by atoms with van der Waals surface area (Å²) >= 11 is 0. The van der Waals surface area contributed by atoms with Crippen molar-refractivity contribution in [3.8, 4) is 0 Å². The molecule has 0 unspecified atom stereocenters. The fraction of sp³-hybridized carbons (Fsp3) is 0.167. The zero-order valence-corrected chi connectivity index (χ0v) is 8.69. The van der Waals surface area contributed by atoms with Crippen LogP contribution >= 0.6 is 0 Å². The summed E-state index contributed by atoms with van der Waals surface area (Å²) in [7, 11) is 1.35. The number of benzene rings is 1. The molecule has 0 saturated heterocycles. The van der Waals surface area contributed by atoms with Crippen molar-refractivity contribution in [3.05, 3.63) is 46.7 Å². The van der Waals surface area contributed by atoms with Gasteiger partial charge in [-0.1, -0.05) is 6.07 Å². The average Bonchev–Trinajstić information content (AvgIpc) is 2.33. The van der Waals surface area contributed by atoms with Crippen molar-refractivity contribution >= 4 is 11.6 Å². The summed E-state index contributed by atoms with van der Waals surface area (Å²) < 4.78 is 4.83. The number of fused-ring (bicyclic) bond motifs is 1. The highest BCUT2D eigenvalue weighted by molar-refractivity contribution is 6.23. The lowest BCUT2D eigenvalue weighted by Crippen LogP contribution is -2.18. The van der Waals surface area contributed by atoms with Crippen LogP contribution in [0.4, 0.5) is 0 Å². The number of ether oxygens (including phenoxy) is 1. The van der Waals surface area contributed by atoms with Gasteiger partial charge in [-0.3, -0.25) is 9.59 Å². The Labute approximate surface area is 92.2 Å². The van der Waals surface area contributed by atoms with E-state index in [2.05, 4.69) is 0 Å². The second-order valence-electron chi connectivity index (χ2n) is 3.44. The number of carbonyl (C=O) groups excluding carboxylic acids is 2. The predicted octanol–water partition coefficient (Wildman–Crippen LogP) is 1.09. The van der Waals surface area contributed by atoms with Gasteiger partial charge in [0.1, 0.15) is 0 Å². The largest absolute Gasteiger partial charge is 0.492 e. The fourth-order valence-corrected chi connectivity index (χ4v) is 1.64. The monoisotopic (exact) mass is 218 g/mol. The highest BCUT2D eigenvalue weighted by Gasteiger charge is 2.26. The second kappa shape index (κ2) is 3.90. The highest BCUT2D eigenvalue weighted by Crippen LogP contribution is 2.22. The standard InChI is InChI=1S/C12H10O4/c1-16-11-5-10(14)8-3-2-7(6-13)4-9(8)12(11)15/h2-5,13H,6H2,1H3. The van der Waals surface area contributed by atoms with Crippen molar-refractivity contribution in [1.82, 2.24) is 0 Å². The molecule has 82 valence electrons. The van der Waals surface area contributed by atoms with Gasteiger partial charge in [-0.05, 0) is 17.7 Å². The number of hydrogen-bond donors (Lipinski definition) is 1. The molecule has 0 heterocycles. The van der Waals surface area contributed by atoms with E-state index in [1.807, 2.05) is 0 Å². The minimum atomic E-state index is -0.326. The van der Waals surface area contributed by atoms with E-state index in [-0.39, 0.29) is 29.5 Å². The van der Waals surface area contributed by atoms with Crippen LogP contribution in [0.1, 0.15) is 26.3 Å². The summed E-state index contributed by atoms with van der Waals surface area (Å²) in [5.41, 5.74) is 1.23. The van der Waals surface area contributed by atoms with Crippen molar-refractivity contribution in [2.45, 2.75) is 6.61 Å². The van der Waals surface area contributed by atoms with E-state index in [4.69, 9.17) is 9.84 Å².